The molecule has 3 heterocycles. The minimum atomic E-state index is -1.23. The highest BCUT2D eigenvalue weighted by molar-refractivity contribution is 5.89. The number of aryl methyl sites for hydroxylation is 1. The van der Waals surface area contributed by atoms with Crippen molar-refractivity contribution in [3.8, 4) is 11.3 Å². The van der Waals surface area contributed by atoms with Gasteiger partial charge in [0.2, 0.25) is 5.95 Å². The van der Waals surface area contributed by atoms with Crippen LogP contribution in [-0.2, 0) is 0 Å². The molecule has 1 aromatic carbocycles. The van der Waals surface area contributed by atoms with E-state index in [9.17, 15) is 9.18 Å². The van der Waals surface area contributed by atoms with Crippen LogP contribution in [0.4, 0.5) is 15.1 Å². The van der Waals surface area contributed by atoms with E-state index in [1.807, 2.05) is 18.2 Å². The molecule has 9 heteroatoms. The zero-order valence-electron chi connectivity index (χ0n) is 14.7. The highest BCUT2D eigenvalue weighted by Gasteiger charge is 2.29. The molecule has 2 atom stereocenters. The van der Waals surface area contributed by atoms with Crippen molar-refractivity contribution in [2.75, 3.05) is 18.4 Å². The fraction of sp³-hybridized carbons (Fsp3) is 0.333. The number of hydrogen-bond donors (Lipinski definition) is 2. The summed E-state index contributed by atoms with van der Waals surface area (Å²) in [6, 6.07) is 4.63. The third-order valence-electron chi connectivity index (χ3n) is 4.59. The average Bonchev–Trinajstić information content (AvgIpc) is 3.09. The Labute approximate surface area is 154 Å². The summed E-state index contributed by atoms with van der Waals surface area (Å²) in [7, 11) is 0. The number of halogens is 1. The number of anilines is 1. The van der Waals surface area contributed by atoms with Crippen molar-refractivity contribution >= 4 is 22.9 Å². The molecule has 0 spiro atoms. The Balaban J connectivity index is 1.54. The van der Waals surface area contributed by atoms with Gasteiger partial charge in [0, 0.05) is 36.7 Å². The van der Waals surface area contributed by atoms with Crippen molar-refractivity contribution in [1.82, 2.24) is 19.9 Å². The van der Waals surface area contributed by atoms with Crippen molar-refractivity contribution in [2.24, 2.45) is 5.73 Å². The molecule has 0 saturated carbocycles. The van der Waals surface area contributed by atoms with Crippen LogP contribution in [0.15, 0.2) is 35.0 Å². The van der Waals surface area contributed by atoms with Gasteiger partial charge in [0.25, 0.3) is 0 Å². The molecule has 1 saturated heterocycles. The Morgan fingerprint density at radius 2 is 2.22 bits per heavy atom. The monoisotopic (exact) mass is 370 g/mol. The van der Waals surface area contributed by atoms with Crippen LogP contribution in [-0.4, -0.2) is 51.2 Å². The van der Waals surface area contributed by atoms with E-state index >= 15 is 0 Å². The second kappa shape index (κ2) is 6.92. The molecule has 8 nitrogen and oxygen atoms in total. The Hall–Kier alpha value is -3.07. The van der Waals surface area contributed by atoms with E-state index in [2.05, 4.69) is 20.3 Å². The van der Waals surface area contributed by atoms with Gasteiger partial charge in [-0.25, -0.2) is 24.1 Å². The Morgan fingerprint density at radius 1 is 1.37 bits per heavy atom. The first kappa shape index (κ1) is 17.3. The fourth-order valence-electron chi connectivity index (χ4n) is 3.01. The molecule has 27 heavy (non-hydrogen) atoms. The number of rotatable bonds is 2. The van der Waals surface area contributed by atoms with Crippen molar-refractivity contribution < 1.29 is 13.6 Å². The normalized spacial score (nSPS) is 20.0. The van der Waals surface area contributed by atoms with Gasteiger partial charge in [-0.15, -0.1) is 0 Å². The van der Waals surface area contributed by atoms with Crippen LogP contribution >= 0.6 is 0 Å². The second-order valence-electron chi connectivity index (χ2n) is 6.56. The molecular weight excluding hydrogens is 351 g/mol. The van der Waals surface area contributed by atoms with Crippen LogP contribution in [0.5, 0.6) is 0 Å². The van der Waals surface area contributed by atoms with Crippen LogP contribution in [0.25, 0.3) is 22.2 Å². The SMILES string of the molecule is Cc1ncc(-c2ccc3cnc(NC(=O)N4CC[C@H](N)[C@@H](F)C4)nc3c2)o1. The van der Waals surface area contributed by atoms with Crippen LogP contribution in [0, 0.1) is 6.92 Å². The van der Waals surface area contributed by atoms with Crippen LogP contribution in [0.2, 0.25) is 0 Å². The third kappa shape index (κ3) is 3.59. The number of alkyl halides is 1. The van der Waals surface area contributed by atoms with Crippen molar-refractivity contribution in [1.29, 1.82) is 0 Å². The summed E-state index contributed by atoms with van der Waals surface area (Å²) < 4.78 is 19.3. The predicted molar refractivity (Wildman–Crippen MR) is 97.9 cm³/mol. The number of nitrogens with zero attached hydrogens (tertiary/aromatic N) is 4. The quantitative estimate of drug-likeness (QED) is 0.717. The predicted octanol–water partition coefficient (Wildman–Crippen LogP) is 2.50. The lowest BCUT2D eigenvalue weighted by Gasteiger charge is -2.32. The van der Waals surface area contributed by atoms with E-state index in [0.717, 1.165) is 10.9 Å². The molecule has 0 unspecified atom stereocenters. The minimum absolute atomic E-state index is 0.0322. The van der Waals surface area contributed by atoms with Gasteiger partial charge >= 0.3 is 6.03 Å². The van der Waals surface area contributed by atoms with E-state index in [1.165, 1.54) is 4.90 Å². The standard InChI is InChI=1S/C18H19FN6O2/c1-10-21-8-16(27-10)11-2-3-12-7-22-17(23-15(12)6-11)24-18(26)25-5-4-14(20)13(19)9-25/h2-3,6-8,13-14H,4-5,9,20H2,1H3,(H,22,23,24,26)/t13-,14-/m0/s1. The van der Waals surface area contributed by atoms with E-state index in [4.69, 9.17) is 10.2 Å². The van der Waals surface area contributed by atoms with Gasteiger partial charge in [-0.3, -0.25) is 5.32 Å². The first-order chi connectivity index (χ1) is 13.0. The summed E-state index contributed by atoms with van der Waals surface area (Å²) in [5.41, 5.74) is 7.12. The van der Waals surface area contributed by atoms with Crippen molar-refractivity contribution in [2.45, 2.75) is 25.6 Å². The van der Waals surface area contributed by atoms with Gasteiger partial charge in [0.1, 0.15) is 6.17 Å². The number of aromatic nitrogens is 3. The number of carbonyl (C=O) groups is 1. The number of carbonyl (C=O) groups excluding carboxylic acids is 1. The second-order valence-corrected chi connectivity index (χ2v) is 6.56. The molecule has 4 rings (SSSR count). The van der Waals surface area contributed by atoms with Gasteiger partial charge < -0.3 is 15.1 Å². The first-order valence-corrected chi connectivity index (χ1v) is 8.65. The lowest BCUT2D eigenvalue weighted by molar-refractivity contribution is 0.137. The molecule has 2 aromatic heterocycles. The Kier molecular flexibility index (Phi) is 4.44. The maximum Gasteiger partial charge on any atom is 0.324 e. The number of nitrogens with two attached hydrogens (primary N) is 1. The number of nitrogens with one attached hydrogen (secondary N) is 1. The highest BCUT2D eigenvalue weighted by Crippen LogP contribution is 2.24. The summed E-state index contributed by atoms with van der Waals surface area (Å²) >= 11 is 0. The zero-order valence-corrected chi connectivity index (χ0v) is 14.7. The summed E-state index contributed by atoms with van der Waals surface area (Å²) in [5.74, 6) is 1.37. The van der Waals surface area contributed by atoms with Gasteiger partial charge in [-0.2, -0.15) is 0 Å². The number of benzene rings is 1. The Bertz CT molecular complexity index is 991. The van der Waals surface area contributed by atoms with Crippen molar-refractivity contribution in [3.05, 3.63) is 36.5 Å². The number of urea groups is 1. The topological polar surface area (TPSA) is 110 Å². The van der Waals surface area contributed by atoms with Crippen molar-refractivity contribution in [3.63, 3.8) is 0 Å². The molecule has 1 aliphatic rings. The Morgan fingerprint density at radius 3 is 2.96 bits per heavy atom. The summed E-state index contributed by atoms with van der Waals surface area (Å²) in [6.45, 7) is 2.14. The zero-order chi connectivity index (χ0) is 19.0. The average molecular weight is 370 g/mol. The minimum Gasteiger partial charge on any atom is -0.441 e. The van der Waals surface area contributed by atoms with E-state index in [1.54, 1.807) is 19.3 Å². The fourth-order valence-corrected chi connectivity index (χ4v) is 3.01. The largest absolute Gasteiger partial charge is 0.441 e. The molecule has 3 N–H and O–H groups in total. The summed E-state index contributed by atoms with van der Waals surface area (Å²) in [6.07, 6.45) is 2.47. The number of likely N-dealkylation sites (tertiary alicyclic amines) is 1. The number of piperidine rings is 1. The number of amides is 2. The molecule has 140 valence electrons. The van der Waals surface area contributed by atoms with E-state index < -0.39 is 18.2 Å². The molecule has 1 aliphatic heterocycles. The molecule has 2 amide bonds. The third-order valence-corrected chi connectivity index (χ3v) is 4.59. The first-order valence-electron chi connectivity index (χ1n) is 8.65. The van der Waals surface area contributed by atoms with Crippen LogP contribution < -0.4 is 11.1 Å². The number of fused-ring (bicyclic) bond motifs is 1. The van der Waals surface area contributed by atoms with Crippen LogP contribution in [0.3, 0.4) is 0 Å². The molecule has 0 bridgehead atoms. The maximum absolute atomic E-state index is 13.8. The number of oxazole rings is 1. The molecule has 3 aromatic rings. The molecule has 0 aliphatic carbocycles. The smallest absolute Gasteiger partial charge is 0.324 e. The highest BCUT2D eigenvalue weighted by atomic mass is 19.1. The maximum atomic E-state index is 13.8. The van der Waals surface area contributed by atoms with E-state index in [0.29, 0.717) is 30.1 Å². The molecule has 1 fully saturated rings. The molecule has 0 radical (unpaired) electrons. The van der Waals surface area contributed by atoms with Crippen LogP contribution in [0.1, 0.15) is 12.3 Å². The lowest BCUT2D eigenvalue weighted by Crippen LogP contribution is -2.51. The lowest BCUT2D eigenvalue weighted by atomic mass is 10.0. The van der Waals surface area contributed by atoms with Gasteiger partial charge in [0.15, 0.2) is 11.7 Å². The van der Waals surface area contributed by atoms with E-state index in [-0.39, 0.29) is 12.5 Å². The molecular formula is C18H19FN6O2. The van der Waals surface area contributed by atoms with Gasteiger partial charge in [-0.1, -0.05) is 12.1 Å². The van der Waals surface area contributed by atoms with Gasteiger partial charge in [-0.05, 0) is 12.5 Å². The number of hydrogen-bond acceptors (Lipinski definition) is 6. The van der Waals surface area contributed by atoms with Gasteiger partial charge in [0.05, 0.1) is 18.3 Å². The summed E-state index contributed by atoms with van der Waals surface area (Å²) in [5, 5.41) is 3.44. The summed E-state index contributed by atoms with van der Waals surface area (Å²) in [4.78, 5) is 26.4.